The number of rotatable bonds is 1. The molecule has 1 aromatic heterocycles. The van der Waals surface area contributed by atoms with Crippen LogP contribution in [0.4, 0.5) is 0 Å². The van der Waals surface area contributed by atoms with E-state index < -0.39 is 0 Å². The third kappa shape index (κ3) is 1.20. The summed E-state index contributed by atoms with van der Waals surface area (Å²) in [6.45, 7) is 4.10. The summed E-state index contributed by atoms with van der Waals surface area (Å²) < 4.78 is 3.13. The number of nitrogens with one attached hydrogen (secondary N) is 1. The second-order valence-corrected chi connectivity index (χ2v) is 3.71. The van der Waals surface area contributed by atoms with Crippen LogP contribution in [0, 0.1) is 6.92 Å². The molecule has 0 amide bonds. The van der Waals surface area contributed by atoms with E-state index in [-0.39, 0.29) is 0 Å². The monoisotopic (exact) mass is 215 g/mol. The summed E-state index contributed by atoms with van der Waals surface area (Å²) >= 11 is 3.43. The van der Waals surface area contributed by atoms with Gasteiger partial charge in [-0.05, 0) is 22.9 Å². The van der Waals surface area contributed by atoms with Gasteiger partial charge in [0.2, 0.25) is 0 Å². The summed E-state index contributed by atoms with van der Waals surface area (Å²) in [5, 5.41) is 7.57. The summed E-state index contributed by atoms with van der Waals surface area (Å²) in [5.41, 5.74) is 1.07. The van der Waals surface area contributed by atoms with Gasteiger partial charge in [-0.15, -0.1) is 0 Å². The van der Waals surface area contributed by atoms with E-state index in [0.717, 1.165) is 23.3 Å². The molecule has 0 aromatic carbocycles. The van der Waals surface area contributed by atoms with Crippen molar-refractivity contribution in [1.82, 2.24) is 15.1 Å². The molecule has 4 heteroatoms. The van der Waals surface area contributed by atoms with E-state index in [9.17, 15) is 0 Å². The molecule has 0 radical (unpaired) electrons. The van der Waals surface area contributed by atoms with Crippen molar-refractivity contribution in [3.05, 3.63) is 16.4 Å². The molecule has 0 atom stereocenters. The molecule has 1 aromatic rings. The first-order valence-corrected chi connectivity index (χ1v) is 4.48. The van der Waals surface area contributed by atoms with E-state index in [1.54, 1.807) is 0 Å². The fourth-order valence-electron chi connectivity index (χ4n) is 1.11. The van der Waals surface area contributed by atoms with E-state index in [1.807, 2.05) is 17.8 Å². The second-order valence-electron chi connectivity index (χ2n) is 2.85. The highest BCUT2D eigenvalue weighted by atomic mass is 79.9. The van der Waals surface area contributed by atoms with Gasteiger partial charge < -0.3 is 5.32 Å². The minimum atomic E-state index is 0.569. The zero-order valence-electron chi connectivity index (χ0n) is 6.34. The van der Waals surface area contributed by atoms with Crippen LogP contribution in [-0.2, 0) is 0 Å². The Morgan fingerprint density at radius 1 is 1.73 bits per heavy atom. The van der Waals surface area contributed by atoms with Crippen molar-refractivity contribution in [1.29, 1.82) is 0 Å². The zero-order valence-corrected chi connectivity index (χ0v) is 7.93. The molecule has 60 valence electrons. The number of nitrogens with zero attached hydrogens (tertiary/aromatic N) is 2. The molecule has 1 aliphatic heterocycles. The Bertz CT molecular complexity index is 245. The second kappa shape index (κ2) is 2.60. The lowest BCUT2D eigenvalue weighted by molar-refractivity contribution is 0.317. The fraction of sp³-hybridized carbons (Fsp3) is 0.571. The Labute approximate surface area is 73.9 Å². The van der Waals surface area contributed by atoms with Crippen molar-refractivity contribution in [2.45, 2.75) is 13.0 Å². The van der Waals surface area contributed by atoms with E-state index in [2.05, 4.69) is 26.3 Å². The van der Waals surface area contributed by atoms with Crippen LogP contribution in [0.2, 0.25) is 0 Å². The molecule has 1 aliphatic rings. The molecule has 2 heterocycles. The third-order valence-electron chi connectivity index (χ3n) is 1.99. The number of hydrogen-bond donors (Lipinski definition) is 1. The van der Waals surface area contributed by atoms with Crippen LogP contribution < -0.4 is 5.32 Å². The van der Waals surface area contributed by atoms with Crippen molar-refractivity contribution in [2.24, 2.45) is 0 Å². The Morgan fingerprint density at radius 3 is 2.82 bits per heavy atom. The van der Waals surface area contributed by atoms with E-state index >= 15 is 0 Å². The average Bonchev–Trinajstić information content (AvgIpc) is 2.08. The van der Waals surface area contributed by atoms with Crippen molar-refractivity contribution in [2.75, 3.05) is 13.1 Å². The molecule has 0 unspecified atom stereocenters. The highest BCUT2D eigenvalue weighted by Crippen LogP contribution is 2.18. The number of halogens is 1. The average molecular weight is 216 g/mol. The van der Waals surface area contributed by atoms with Gasteiger partial charge in [-0.2, -0.15) is 5.10 Å². The Balaban J connectivity index is 2.24. The van der Waals surface area contributed by atoms with Crippen LogP contribution in [0.5, 0.6) is 0 Å². The van der Waals surface area contributed by atoms with Crippen molar-refractivity contribution >= 4 is 15.9 Å². The summed E-state index contributed by atoms with van der Waals surface area (Å²) in [6.07, 6.45) is 2.04. The van der Waals surface area contributed by atoms with Crippen LogP contribution in [-0.4, -0.2) is 22.9 Å². The minimum absolute atomic E-state index is 0.569. The van der Waals surface area contributed by atoms with Gasteiger partial charge in [-0.1, -0.05) is 0 Å². The highest BCUT2D eigenvalue weighted by molar-refractivity contribution is 9.10. The first kappa shape index (κ1) is 7.31. The Kier molecular flexibility index (Phi) is 1.73. The van der Waals surface area contributed by atoms with Gasteiger partial charge in [0.25, 0.3) is 0 Å². The molecule has 1 N–H and O–H groups in total. The van der Waals surface area contributed by atoms with Gasteiger partial charge >= 0.3 is 0 Å². The molecular formula is C7H10BrN3. The summed E-state index contributed by atoms with van der Waals surface area (Å²) in [5.74, 6) is 0. The summed E-state index contributed by atoms with van der Waals surface area (Å²) in [4.78, 5) is 0. The van der Waals surface area contributed by atoms with E-state index in [4.69, 9.17) is 0 Å². The van der Waals surface area contributed by atoms with E-state index in [1.165, 1.54) is 0 Å². The van der Waals surface area contributed by atoms with Gasteiger partial charge in [0, 0.05) is 19.3 Å². The van der Waals surface area contributed by atoms with Crippen LogP contribution >= 0.6 is 15.9 Å². The normalized spacial score (nSPS) is 18.4. The topological polar surface area (TPSA) is 29.9 Å². The van der Waals surface area contributed by atoms with Crippen molar-refractivity contribution in [3.63, 3.8) is 0 Å². The van der Waals surface area contributed by atoms with Crippen molar-refractivity contribution < 1.29 is 0 Å². The maximum atomic E-state index is 4.36. The first-order valence-electron chi connectivity index (χ1n) is 3.69. The van der Waals surface area contributed by atoms with Gasteiger partial charge in [-0.3, -0.25) is 4.68 Å². The maximum Gasteiger partial charge on any atom is 0.0768 e. The number of aromatic nitrogens is 2. The predicted molar refractivity (Wildman–Crippen MR) is 46.6 cm³/mol. The molecule has 3 nitrogen and oxygen atoms in total. The van der Waals surface area contributed by atoms with Gasteiger partial charge in [0.1, 0.15) is 0 Å². The van der Waals surface area contributed by atoms with Gasteiger partial charge in [-0.25, -0.2) is 0 Å². The van der Waals surface area contributed by atoms with Gasteiger partial charge in [0.05, 0.1) is 16.2 Å². The molecule has 1 saturated heterocycles. The van der Waals surface area contributed by atoms with Crippen LogP contribution in [0.25, 0.3) is 0 Å². The van der Waals surface area contributed by atoms with E-state index in [0.29, 0.717) is 6.04 Å². The largest absolute Gasteiger partial charge is 0.312 e. The quantitative estimate of drug-likeness (QED) is 0.761. The SMILES string of the molecule is Cc1nn(C2CNC2)cc1Br. The highest BCUT2D eigenvalue weighted by Gasteiger charge is 2.19. The van der Waals surface area contributed by atoms with Gasteiger partial charge in [0.15, 0.2) is 0 Å². The fourth-order valence-corrected chi connectivity index (χ4v) is 1.40. The smallest absolute Gasteiger partial charge is 0.0768 e. The Hall–Kier alpha value is -0.350. The summed E-state index contributed by atoms with van der Waals surface area (Å²) in [6, 6.07) is 0.569. The lowest BCUT2D eigenvalue weighted by atomic mass is 10.2. The third-order valence-corrected chi connectivity index (χ3v) is 2.77. The first-order chi connectivity index (χ1) is 5.27. The van der Waals surface area contributed by atoms with Crippen molar-refractivity contribution in [3.8, 4) is 0 Å². The number of hydrogen-bond acceptors (Lipinski definition) is 2. The molecule has 11 heavy (non-hydrogen) atoms. The number of aryl methyl sites for hydroxylation is 1. The molecule has 0 saturated carbocycles. The Morgan fingerprint density at radius 2 is 2.45 bits per heavy atom. The molecule has 0 bridgehead atoms. The molecular weight excluding hydrogens is 206 g/mol. The molecule has 1 fully saturated rings. The minimum Gasteiger partial charge on any atom is -0.312 e. The molecule has 0 spiro atoms. The zero-order chi connectivity index (χ0) is 7.84. The lowest BCUT2D eigenvalue weighted by Crippen LogP contribution is -2.43. The summed E-state index contributed by atoms with van der Waals surface area (Å²) in [7, 11) is 0. The lowest BCUT2D eigenvalue weighted by Gasteiger charge is -2.27. The maximum absolute atomic E-state index is 4.36. The van der Waals surface area contributed by atoms with Crippen LogP contribution in [0.3, 0.4) is 0 Å². The van der Waals surface area contributed by atoms with Crippen LogP contribution in [0.1, 0.15) is 11.7 Å². The standard InChI is InChI=1S/C7H10BrN3/c1-5-7(8)4-11(10-5)6-2-9-3-6/h4,6,9H,2-3H2,1H3. The molecule has 2 rings (SSSR count). The molecule has 0 aliphatic carbocycles. The predicted octanol–water partition coefficient (Wildman–Crippen LogP) is 1.10. The van der Waals surface area contributed by atoms with Crippen LogP contribution in [0.15, 0.2) is 10.7 Å².